The number of nitrogens with zero attached hydrogens (tertiary/aromatic N) is 2. The third-order valence-electron chi connectivity index (χ3n) is 5.31. The molecule has 0 saturated carbocycles. The van der Waals surface area contributed by atoms with Crippen molar-refractivity contribution in [2.45, 2.75) is 33.2 Å². The first-order valence-corrected chi connectivity index (χ1v) is 10.9. The lowest BCUT2D eigenvalue weighted by Gasteiger charge is -2.18. The number of hydrogen-bond acceptors (Lipinski definition) is 5. The highest BCUT2D eigenvalue weighted by atomic mass is 19.1. The summed E-state index contributed by atoms with van der Waals surface area (Å²) in [5.74, 6) is -0.483. The maximum Gasteiger partial charge on any atom is 0.308 e. The molecule has 1 heterocycles. The molecule has 0 aliphatic rings. The van der Waals surface area contributed by atoms with Gasteiger partial charge in [0, 0.05) is 17.3 Å². The van der Waals surface area contributed by atoms with E-state index in [2.05, 4.69) is 10.4 Å². The molecule has 1 unspecified atom stereocenters. The van der Waals surface area contributed by atoms with Crippen molar-refractivity contribution >= 4 is 18.0 Å². The number of halogens is 1. The molecule has 34 heavy (non-hydrogen) atoms. The summed E-state index contributed by atoms with van der Waals surface area (Å²) >= 11 is 0. The van der Waals surface area contributed by atoms with Crippen molar-refractivity contribution in [1.29, 1.82) is 0 Å². The molecule has 1 amide bonds. The highest BCUT2D eigenvalue weighted by Gasteiger charge is 2.19. The van der Waals surface area contributed by atoms with Gasteiger partial charge in [0.1, 0.15) is 11.6 Å². The Morgan fingerprint density at radius 3 is 2.59 bits per heavy atom. The van der Waals surface area contributed by atoms with Crippen LogP contribution in [0.1, 0.15) is 41.9 Å². The Labute approximate surface area is 198 Å². The molecule has 0 fully saturated rings. The minimum absolute atomic E-state index is 0.0128. The van der Waals surface area contributed by atoms with Crippen molar-refractivity contribution in [1.82, 2.24) is 15.1 Å². The van der Waals surface area contributed by atoms with Crippen molar-refractivity contribution in [2.75, 3.05) is 13.7 Å². The van der Waals surface area contributed by atoms with Gasteiger partial charge in [-0.1, -0.05) is 12.1 Å². The van der Waals surface area contributed by atoms with Gasteiger partial charge in [-0.05, 0) is 68.8 Å². The molecular weight excluding hydrogens is 437 g/mol. The van der Waals surface area contributed by atoms with E-state index in [1.54, 1.807) is 55.1 Å². The molecule has 1 aromatic heterocycles. The van der Waals surface area contributed by atoms with Crippen LogP contribution in [0.15, 0.2) is 54.6 Å². The number of aryl methyl sites for hydroxylation is 1. The largest absolute Gasteiger partial charge is 0.497 e. The normalized spacial score (nSPS) is 11.9. The van der Waals surface area contributed by atoms with Gasteiger partial charge in [0.05, 0.1) is 37.6 Å². The van der Waals surface area contributed by atoms with E-state index in [1.807, 2.05) is 19.9 Å². The van der Waals surface area contributed by atoms with Crippen molar-refractivity contribution in [3.63, 3.8) is 0 Å². The molecule has 0 aliphatic heterocycles. The molecule has 0 aliphatic carbocycles. The zero-order chi connectivity index (χ0) is 24.7. The number of methoxy groups -OCH3 is 1. The number of esters is 1. The van der Waals surface area contributed by atoms with E-state index in [0.29, 0.717) is 5.75 Å². The molecular formula is C26H28FN3O4. The SMILES string of the molecule is CCOC(=O)CC(NC(=O)C=Cc1c(C)nn(-c2ccc(F)cc2)c1C)c1cccc(OC)c1. The van der Waals surface area contributed by atoms with Crippen LogP contribution in [0.4, 0.5) is 4.39 Å². The fourth-order valence-corrected chi connectivity index (χ4v) is 3.61. The van der Waals surface area contributed by atoms with E-state index in [9.17, 15) is 14.0 Å². The van der Waals surface area contributed by atoms with Crippen molar-refractivity contribution < 1.29 is 23.5 Å². The lowest BCUT2D eigenvalue weighted by molar-refractivity contribution is -0.143. The summed E-state index contributed by atoms with van der Waals surface area (Å²) in [6.45, 7) is 5.70. The Kier molecular flexibility index (Phi) is 8.19. The average molecular weight is 466 g/mol. The zero-order valence-electron chi connectivity index (χ0n) is 19.7. The Hall–Kier alpha value is -3.94. The molecule has 7 nitrogen and oxygen atoms in total. The van der Waals surface area contributed by atoms with Gasteiger partial charge in [0.15, 0.2) is 0 Å². The first-order chi connectivity index (χ1) is 16.3. The molecule has 2 aromatic carbocycles. The van der Waals surface area contributed by atoms with Gasteiger partial charge in [0.25, 0.3) is 0 Å². The molecule has 3 rings (SSSR count). The molecule has 8 heteroatoms. The van der Waals surface area contributed by atoms with Crippen LogP contribution in [0.25, 0.3) is 11.8 Å². The van der Waals surface area contributed by atoms with Crippen LogP contribution in [-0.2, 0) is 14.3 Å². The summed E-state index contributed by atoms with van der Waals surface area (Å²) in [7, 11) is 1.55. The van der Waals surface area contributed by atoms with E-state index in [-0.39, 0.29) is 24.8 Å². The van der Waals surface area contributed by atoms with Gasteiger partial charge in [-0.3, -0.25) is 9.59 Å². The van der Waals surface area contributed by atoms with Crippen molar-refractivity contribution in [3.05, 3.63) is 82.9 Å². The molecule has 0 saturated heterocycles. The smallest absolute Gasteiger partial charge is 0.308 e. The van der Waals surface area contributed by atoms with Crippen LogP contribution in [0, 0.1) is 19.7 Å². The van der Waals surface area contributed by atoms with Crippen LogP contribution >= 0.6 is 0 Å². The second-order valence-corrected chi connectivity index (χ2v) is 7.65. The Bertz CT molecular complexity index is 1190. The standard InChI is InChI=1S/C26H28FN3O4/c1-5-34-26(32)16-24(19-7-6-8-22(15-19)33-4)28-25(31)14-13-23-17(2)29-30(18(23)3)21-11-9-20(27)10-12-21/h6-15,24H,5,16H2,1-4H3,(H,28,31). The number of nitrogens with one attached hydrogen (secondary N) is 1. The van der Waals surface area contributed by atoms with Gasteiger partial charge >= 0.3 is 5.97 Å². The highest BCUT2D eigenvalue weighted by Crippen LogP contribution is 2.23. The van der Waals surface area contributed by atoms with E-state index < -0.39 is 12.0 Å². The second kappa shape index (κ2) is 11.3. The molecule has 1 N–H and O–H groups in total. The maximum absolute atomic E-state index is 13.3. The van der Waals surface area contributed by atoms with Crippen LogP contribution < -0.4 is 10.1 Å². The quantitative estimate of drug-likeness (QED) is 0.373. The Morgan fingerprint density at radius 1 is 1.18 bits per heavy atom. The molecule has 3 aromatic rings. The summed E-state index contributed by atoms with van der Waals surface area (Å²) in [6, 6.07) is 12.6. The first-order valence-electron chi connectivity index (χ1n) is 10.9. The minimum Gasteiger partial charge on any atom is -0.497 e. The third-order valence-corrected chi connectivity index (χ3v) is 5.31. The molecule has 1 atom stereocenters. The average Bonchev–Trinajstić information content (AvgIpc) is 3.11. The summed E-state index contributed by atoms with van der Waals surface area (Å²) in [5.41, 5.74) is 3.76. The fourth-order valence-electron chi connectivity index (χ4n) is 3.61. The number of rotatable bonds is 9. The van der Waals surface area contributed by atoms with E-state index in [0.717, 1.165) is 28.2 Å². The molecule has 178 valence electrons. The topological polar surface area (TPSA) is 82.5 Å². The predicted molar refractivity (Wildman–Crippen MR) is 127 cm³/mol. The number of amides is 1. The van der Waals surface area contributed by atoms with Crippen LogP contribution in [0.5, 0.6) is 5.75 Å². The van der Waals surface area contributed by atoms with Gasteiger partial charge in [-0.2, -0.15) is 5.10 Å². The third kappa shape index (κ3) is 6.10. The highest BCUT2D eigenvalue weighted by molar-refractivity contribution is 5.92. The van der Waals surface area contributed by atoms with Gasteiger partial charge in [0.2, 0.25) is 5.91 Å². The second-order valence-electron chi connectivity index (χ2n) is 7.65. The number of carbonyl (C=O) groups excluding carboxylic acids is 2. The van der Waals surface area contributed by atoms with Crippen molar-refractivity contribution in [3.8, 4) is 11.4 Å². The van der Waals surface area contributed by atoms with Gasteiger partial charge in [-0.15, -0.1) is 0 Å². The van der Waals surface area contributed by atoms with Crippen molar-refractivity contribution in [2.24, 2.45) is 0 Å². The summed E-state index contributed by atoms with van der Waals surface area (Å²) in [5, 5.41) is 7.39. The number of ether oxygens (including phenoxy) is 2. The lowest BCUT2D eigenvalue weighted by Crippen LogP contribution is -2.29. The lowest BCUT2D eigenvalue weighted by atomic mass is 10.0. The molecule has 0 spiro atoms. The number of hydrogen-bond donors (Lipinski definition) is 1. The fraction of sp³-hybridized carbons (Fsp3) is 0.269. The first kappa shape index (κ1) is 24.7. The minimum atomic E-state index is -0.588. The molecule has 0 radical (unpaired) electrons. The number of carbonyl (C=O) groups is 2. The number of aromatic nitrogens is 2. The van der Waals surface area contributed by atoms with Crippen LogP contribution in [0.2, 0.25) is 0 Å². The van der Waals surface area contributed by atoms with Gasteiger partial charge < -0.3 is 14.8 Å². The van der Waals surface area contributed by atoms with Crippen LogP contribution in [-0.4, -0.2) is 35.4 Å². The van der Waals surface area contributed by atoms with E-state index >= 15 is 0 Å². The summed E-state index contributed by atoms with van der Waals surface area (Å²) in [6.07, 6.45) is 3.07. The maximum atomic E-state index is 13.3. The predicted octanol–water partition coefficient (Wildman–Crippen LogP) is 4.46. The Morgan fingerprint density at radius 2 is 1.91 bits per heavy atom. The monoisotopic (exact) mass is 465 g/mol. The van der Waals surface area contributed by atoms with E-state index in [4.69, 9.17) is 9.47 Å². The number of benzene rings is 2. The summed E-state index contributed by atoms with van der Waals surface area (Å²) < 4.78 is 25.3. The Balaban J connectivity index is 1.80. The van der Waals surface area contributed by atoms with Crippen LogP contribution in [0.3, 0.4) is 0 Å². The molecule has 0 bridgehead atoms. The zero-order valence-corrected chi connectivity index (χ0v) is 19.7. The van der Waals surface area contributed by atoms with Gasteiger partial charge in [-0.25, -0.2) is 9.07 Å². The van der Waals surface area contributed by atoms with E-state index in [1.165, 1.54) is 18.2 Å². The summed E-state index contributed by atoms with van der Waals surface area (Å²) in [4.78, 5) is 24.9.